The highest BCUT2D eigenvalue weighted by Gasteiger charge is 2.22. The molecule has 4 rings (SSSR count). The molecule has 41 heavy (non-hydrogen) atoms. The smallest absolute Gasteiger partial charge is 0.332 e. The number of amides is 1. The van der Waals surface area contributed by atoms with Gasteiger partial charge in [0.05, 0.1) is 37.1 Å². The Morgan fingerprint density at radius 1 is 1.10 bits per heavy atom. The first-order chi connectivity index (χ1) is 19.8. The third-order valence-corrected chi connectivity index (χ3v) is 6.03. The van der Waals surface area contributed by atoms with Crippen molar-refractivity contribution >= 4 is 28.7 Å². The second-order valence-electron chi connectivity index (χ2n) is 8.37. The lowest BCUT2D eigenvalue weighted by molar-refractivity contribution is -0.123. The molecule has 0 spiro atoms. The van der Waals surface area contributed by atoms with Crippen molar-refractivity contribution in [1.29, 1.82) is 0 Å². The Kier molecular flexibility index (Phi) is 9.60. The lowest BCUT2D eigenvalue weighted by Crippen LogP contribution is -2.31. The number of halogens is 2. The lowest BCUT2D eigenvalue weighted by Gasteiger charge is -2.17. The summed E-state index contributed by atoms with van der Waals surface area (Å²) in [6.07, 6.45) is 0. The Balaban J connectivity index is 1.81. The van der Waals surface area contributed by atoms with Gasteiger partial charge < -0.3 is 34.1 Å². The van der Waals surface area contributed by atoms with Crippen LogP contribution in [0.15, 0.2) is 35.1 Å². The molecule has 0 fully saturated rings. The van der Waals surface area contributed by atoms with Crippen molar-refractivity contribution in [3.63, 3.8) is 0 Å². The minimum atomic E-state index is -0.608. The van der Waals surface area contributed by atoms with E-state index >= 15 is 0 Å². The monoisotopic (exact) mass is 591 g/mol. The average Bonchev–Trinajstić information content (AvgIpc) is 3.29. The molecule has 2 aromatic carbocycles. The molecule has 4 aromatic rings. The molecule has 218 valence electrons. The molecule has 0 aliphatic rings. The number of aromatic amines is 1. The highest BCUT2D eigenvalue weighted by Crippen LogP contribution is 2.37. The number of imidazole rings is 1. The number of H-pyrrole nitrogens is 1. The van der Waals surface area contributed by atoms with Gasteiger partial charge in [-0.3, -0.25) is 9.78 Å². The Hall–Kier alpha value is -4.40. The van der Waals surface area contributed by atoms with Crippen molar-refractivity contribution in [3.8, 4) is 28.8 Å². The number of aromatic nitrogens is 4. The highest BCUT2D eigenvalue weighted by atomic mass is 35.5. The SMILES string of the molecule is COCc1nc(OC)c2[nH]c(=O)n(-c3cc(OCc4c(F)cccc4OC)c(OCC(=O)NCCO)cc3Cl)c2n1. The number of nitrogens with one attached hydrogen (secondary N) is 2. The number of rotatable bonds is 13. The first kappa shape index (κ1) is 29.6. The topological polar surface area (TPSA) is 159 Å². The van der Waals surface area contributed by atoms with Crippen molar-refractivity contribution in [2.45, 2.75) is 13.2 Å². The second-order valence-corrected chi connectivity index (χ2v) is 8.78. The number of hydrogen-bond donors (Lipinski definition) is 3. The van der Waals surface area contributed by atoms with Crippen molar-refractivity contribution in [3.05, 3.63) is 63.0 Å². The molecule has 1 amide bonds. The van der Waals surface area contributed by atoms with Gasteiger partial charge in [0, 0.05) is 25.8 Å². The van der Waals surface area contributed by atoms with Gasteiger partial charge in [-0.15, -0.1) is 0 Å². The zero-order valence-corrected chi connectivity index (χ0v) is 23.1. The summed E-state index contributed by atoms with van der Waals surface area (Å²) in [5.74, 6) is -0.386. The summed E-state index contributed by atoms with van der Waals surface area (Å²) in [6.45, 7) is -0.889. The molecule has 0 saturated carbocycles. The van der Waals surface area contributed by atoms with Gasteiger partial charge in [0.15, 0.2) is 29.6 Å². The summed E-state index contributed by atoms with van der Waals surface area (Å²) in [4.78, 5) is 36.6. The van der Waals surface area contributed by atoms with Crippen LogP contribution in [-0.2, 0) is 22.7 Å². The van der Waals surface area contributed by atoms with Crippen LogP contribution in [0.5, 0.6) is 23.1 Å². The van der Waals surface area contributed by atoms with E-state index in [4.69, 9.17) is 40.4 Å². The summed E-state index contributed by atoms with van der Waals surface area (Å²) < 4.78 is 43.1. The van der Waals surface area contributed by atoms with E-state index in [2.05, 4.69) is 20.3 Å². The Bertz CT molecular complexity index is 1610. The summed E-state index contributed by atoms with van der Waals surface area (Å²) in [7, 11) is 4.26. The van der Waals surface area contributed by atoms with Gasteiger partial charge in [-0.05, 0) is 12.1 Å². The molecule has 3 N–H and O–H groups in total. The quantitative estimate of drug-likeness (QED) is 0.210. The minimum absolute atomic E-state index is 0.0315. The van der Waals surface area contributed by atoms with Crippen molar-refractivity contribution in [2.24, 2.45) is 0 Å². The van der Waals surface area contributed by atoms with E-state index in [1.807, 2.05) is 0 Å². The van der Waals surface area contributed by atoms with Crippen LogP contribution in [0.1, 0.15) is 11.4 Å². The van der Waals surface area contributed by atoms with Gasteiger partial charge in [-0.1, -0.05) is 17.7 Å². The summed E-state index contributed by atoms with van der Waals surface area (Å²) in [6, 6.07) is 7.08. The van der Waals surface area contributed by atoms with E-state index in [0.29, 0.717) is 0 Å². The maximum atomic E-state index is 14.6. The zero-order chi connectivity index (χ0) is 29.5. The minimum Gasteiger partial charge on any atom is -0.496 e. The fraction of sp³-hybridized carbons (Fsp3) is 0.308. The number of carbonyl (C=O) groups is 1. The van der Waals surface area contributed by atoms with E-state index in [1.54, 1.807) is 6.07 Å². The molecule has 0 aliphatic heterocycles. The third-order valence-electron chi connectivity index (χ3n) is 5.73. The zero-order valence-electron chi connectivity index (χ0n) is 22.3. The molecule has 0 radical (unpaired) electrons. The predicted molar refractivity (Wildman–Crippen MR) is 145 cm³/mol. The second kappa shape index (κ2) is 13.3. The fourth-order valence-corrected chi connectivity index (χ4v) is 4.14. The molecule has 0 bridgehead atoms. The summed E-state index contributed by atoms with van der Waals surface area (Å²) >= 11 is 6.61. The molecule has 0 saturated heterocycles. The molecular formula is C26H27ClFN5O8. The first-order valence-corrected chi connectivity index (χ1v) is 12.5. The molecule has 2 heterocycles. The van der Waals surface area contributed by atoms with Crippen LogP contribution in [0.4, 0.5) is 4.39 Å². The van der Waals surface area contributed by atoms with Crippen LogP contribution in [0, 0.1) is 5.82 Å². The van der Waals surface area contributed by atoms with Crippen molar-refractivity contribution < 1.29 is 38.0 Å². The molecule has 0 atom stereocenters. The van der Waals surface area contributed by atoms with Crippen molar-refractivity contribution in [1.82, 2.24) is 24.8 Å². The standard InChI is InChI=1S/C26H27ClFN5O8/c1-37-12-21-30-24-23(25(31-21)39-3)32-26(36)33(24)17-10-20(40-11-14-16(28)5-4-6-18(14)38-2)19(9-15(17)27)41-13-22(35)29-7-8-34/h4-6,9-10,34H,7-8,11-13H2,1-3H3,(H,29,35)(H,32,36). The Morgan fingerprint density at radius 2 is 1.88 bits per heavy atom. The number of fused-ring (bicyclic) bond motifs is 1. The maximum Gasteiger partial charge on any atom is 0.332 e. The van der Waals surface area contributed by atoms with Gasteiger partial charge >= 0.3 is 5.69 Å². The summed E-state index contributed by atoms with van der Waals surface area (Å²) in [5, 5.41) is 11.4. The number of ether oxygens (including phenoxy) is 5. The first-order valence-electron chi connectivity index (χ1n) is 12.1. The van der Waals surface area contributed by atoms with E-state index in [-0.39, 0.29) is 82.8 Å². The van der Waals surface area contributed by atoms with E-state index in [1.165, 1.54) is 50.2 Å². The molecule has 15 heteroatoms. The lowest BCUT2D eigenvalue weighted by atomic mass is 10.2. The number of carbonyl (C=O) groups excluding carboxylic acids is 1. The van der Waals surface area contributed by atoms with Gasteiger partial charge in [-0.2, -0.15) is 4.98 Å². The van der Waals surface area contributed by atoms with Crippen molar-refractivity contribution in [2.75, 3.05) is 41.1 Å². The van der Waals surface area contributed by atoms with Crippen LogP contribution in [0.3, 0.4) is 0 Å². The van der Waals surface area contributed by atoms with Crippen LogP contribution >= 0.6 is 11.6 Å². The fourth-order valence-electron chi connectivity index (χ4n) is 3.90. The largest absolute Gasteiger partial charge is 0.496 e. The third kappa shape index (κ3) is 6.51. The molecule has 13 nitrogen and oxygen atoms in total. The molecular weight excluding hydrogens is 565 g/mol. The van der Waals surface area contributed by atoms with E-state index < -0.39 is 24.0 Å². The normalized spacial score (nSPS) is 11.0. The average molecular weight is 592 g/mol. The number of nitrogens with zero attached hydrogens (tertiary/aromatic N) is 3. The molecule has 0 unspecified atom stereocenters. The number of aliphatic hydroxyl groups excluding tert-OH is 1. The number of benzene rings is 2. The highest BCUT2D eigenvalue weighted by molar-refractivity contribution is 6.32. The van der Waals surface area contributed by atoms with E-state index in [9.17, 15) is 14.0 Å². The number of aliphatic hydroxyl groups is 1. The van der Waals surface area contributed by atoms with Gasteiger partial charge in [0.2, 0.25) is 5.88 Å². The molecule has 2 aromatic heterocycles. The van der Waals surface area contributed by atoms with Gasteiger partial charge in [0.25, 0.3) is 5.91 Å². The van der Waals surface area contributed by atoms with Crippen LogP contribution in [-0.4, -0.2) is 71.6 Å². The Labute approximate surface area is 237 Å². The predicted octanol–water partition coefficient (Wildman–Crippen LogP) is 2.13. The van der Waals surface area contributed by atoms with Crippen LogP contribution in [0.25, 0.3) is 16.9 Å². The Morgan fingerprint density at radius 3 is 2.59 bits per heavy atom. The van der Waals surface area contributed by atoms with Gasteiger partial charge in [-0.25, -0.2) is 18.7 Å². The maximum absolute atomic E-state index is 14.6. The molecule has 0 aliphatic carbocycles. The van der Waals surface area contributed by atoms with Crippen LogP contribution in [0.2, 0.25) is 5.02 Å². The number of hydrogen-bond acceptors (Lipinski definition) is 10. The number of methoxy groups -OCH3 is 3. The van der Waals surface area contributed by atoms with E-state index in [0.717, 1.165) is 0 Å². The van der Waals surface area contributed by atoms with Crippen LogP contribution < -0.4 is 30.0 Å². The summed E-state index contributed by atoms with van der Waals surface area (Å²) in [5.41, 5.74) is 0.0222. The van der Waals surface area contributed by atoms with Gasteiger partial charge in [0.1, 0.15) is 30.3 Å².